The standard InChI is InChI=1S/C16H28N2O2S/c1-7-8-17-15-9-12(4)16(13(5)10-15)21(19,20)18-14(6)11(2)3/h9-11,14,17-18H,7-8H2,1-6H3. The SMILES string of the molecule is CCCNc1cc(C)c(S(=O)(=O)NC(C)C(C)C)c(C)c1. The molecule has 5 heteroatoms. The second-order valence-electron chi connectivity index (χ2n) is 6.02. The van der Waals surface area contributed by atoms with Crippen LogP contribution < -0.4 is 10.0 Å². The average molecular weight is 312 g/mol. The van der Waals surface area contributed by atoms with Crippen molar-refractivity contribution in [1.82, 2.24) is 4.72 Å². The second kappa shape index (κ2) is 7.27. The first-order valence-electron chi connectivity index (χ1n) is 7.56. The minimum Gasteiger partial charge on any atom is -0.385 e. The van der Waals surface area contributed by atoms with Crippen molar-refractivity contribution in [3.05, 3.63) is 23.3 Å². The Bertz CT molecular complexity index is 557. The highest BCUT2D eigenvalue weighted by atomic mass is 32.2. The summed E-state index contributed by atoms with van der Waals surface area (Å²) in [5.41, 5.74) is 2.52. The van der Waals surface area contributed by atoms with Gasteiger partial charge < -0.3 is 5.32 Å². The molecule has 1 aromatic carbocycles. The van der Waals surface area contributed by atoms with E-state index < -0.39 is 10.0 Å². The lowest BCUT2D eigenvalue weighted by Crippen LogP contribution is -2.36. The number of hydrogen-bond acceptors (Lipinski definition) is 3. The first-order chi connectivity index (χ1) is 9.69. The molecule has 1 rings (SSSR count). The molecule has 2 N–H and O–H groups in total. The zero-order chi connectivity index (χ0) is 16.2. The molecule has 0 aliphatic rings. The minimum absolute atomic E-state index is 0.0910. The maximum absolute atomic E-state index is 12.6. The lowest BCUT2D eigenvalue weighted by Gasteiger charge is -2.20. The van der Waals surface area contributed by atoms with Crippen LogP contribution in [0.5, 0.6) is 0 Å². The molecule has 0 aliphatic carbocycles. The summed E-state index contributed by atoms with van der Waals surface area (Å²) in [6, 6.07) is 3.71. The molecule has 0 aliphatic heterocycles. The number of nitrogens with one attached hydrogen (secondary N) is 2. The molecular formula is C16H28N2O2S. The van der Waals surface area contributed by atoms with Crippen LogP contribution in [0.15, 0.2) is 17.0 Å². The summed E-state index contributed by atoms with van der Waals surface area (Å²) in [5, 5.41) is 3.30. The summed E-state index contributed by atoms with van der Waals surface area (Å²) in [4.78, 5) is 0.400. The number of anilines is 1. The highest BCUT2D eigenvalue weighted by Crippen LogP contribution is 2.25. The van der Waals surface area contributed by atoms with E-state index in [2.05, 4.69) is 17.0 Å². The monoisotopic (exact) mass is 312 g/mol. The van der Waals surface area contributed by atoms with E-state index >= 15 is 0 Å². The van der Waals surface area contributed by atoms with Gasteiger partial charge in [-0.25, -0.2) is 13.1 Å². The largest absolute Gasteiger partial charge is 0.385 e. The molecule has 21 heavy (non-hydrogen) atoms. The predicted molar refractivity (Wildman–Crippen MR) is 89.3 cm³/mol. The van der Waals surface area contributed by atoms with E-state index in [0.29, 0.717) is 4.90 Å². The molecular weight excluding hydrogens is 284 g/mol. The smallest absolute Gasteiger partial charge is 0.241 e. The molecule has 0 saturated heterocycles. The lowest BCUT2D eigenvalue weighted by atomic mass is 10.1. The molecule has 0 bridgehead atoms. The van der Waals surface area contributed by atoms with Gasteiger partial charge in [0.2, 0.25) is 10.0 Å². The van der Waals surface area contributed by atoms with Crippen LogP contribution in [0.1, 0.15) is 45.2 Å². The van der Waals surface area contributed by atoms with Gasteiger partial charge in [-0.3, -0.25) is 0 Å². The van der Waals surface area contributed by atoms with Gasteiger partial charge in [-0.1, -0.05) is 20.8 Å². The molecule has 0 fully saturated rings. The zero-order valence-electron chi connectivity index (χ0n) is 13.9. The molecule has 1 atom stereocenters. The number of sulfonamides is 1. The molecule has 0 heterocycles. The van der Waals surface area contributed by atoms with Crippen LogP contribution in [0.3, 0.4) is 0 Å². The predicted octanol–water partition coefficient (Wildman–Crippen LogP) is 3.45. The Morgan fingerprint density at radius 1 is 1.10 bits per heavy atom. The van der Waals surface area contributed by atoms with Crippen molar-refractivity contribution in [3.63, 3.8) is 0 Å². The first-order valence-corrected chi connectivity index (χ1v) is 9.04. The fourth-order valence-corrected chi connectivity index (χ4v) is 4.03. The van der Waals surface area contributed by atoms with Gasteiger partial charge in [0, 0.05) is 18.3 Å². The Kier molecular flexibility index (Phi) is 6.23. The summed E-state index contributed by atoms with van der Waals surface area (Å²) < 4.78 is 27.9. The molecule has 1 unspecified atom stereocenters. The third kappa shape index (κ3) is 4.71. The van der Waals surface area contributed by atoms with Gasteiger partial charge in [-0.2, -0.15) is 0 Å². The molecule has 1 aromatic rings. The van der Waals surface area contributed by atoms with Gasteiger partial charge in [0.05, 0.1) is 4.90 Å². The minimum atomic E-state index is -3.48. The van der Waals surface area contributed by atoms with Crippen LogP contribution in [0, 0.1) is 19.8 Å². The topological polar surface area (TPSA) is 58.2 Å². The quantitative estimate of drug-likeness (QED) is 0.811. The molecule has 0 saturated carbocycles. The van der Waals surface area contributed by atoms with Crippen molar-refractivity contribution in [3.8, 4) is 0 Å². The van der Waals surface area contributed by atoms with Crippen molar-refractivity contribution in [2.45, 2.75) is 58.9 Å². The second-order valence-corrected chi connectivity index (χ2v) is 7.67. The Hall–Kier alpha value is -1.07. The Labute approximate surface area is 129 Å². The van der Waals surface area contributed by atoms with Gasteiger partial charge in [-0.15, -0.1) is 0 Å². The Morgan fingerprint density at radius 2 is 1.62 bits per heavy atom. The van der Waals surface area contributed by atoms with E-state index in [4.69, 9.17) is 0 Å². The van der Waals surface area contributed by atoms with E-state index in [-0.39, 0.29) is 12.0 Å². The van der Waals surface area contributed by atoms with Gasteiger partial charge in [0.25, 0.3) is 0 Å². The van der Waals surface area contributed by atoms with Crippen LogP contribution in [0.2, 0.25) is 0 Å². The van der Waals surface area contributed by atoms with Crippen LogP contribution >= 0.6 is 0 Å². The van der Waals surface area contributed by atoms with Crippen LogP contribution in [0.4, 0.5) is 5.69 Å². The summed E-state index contributed by atoms with van der Waals surface area (Å²) in [7, 11) is -3.48. The van der Waals surface area contributed by atoms with Crippen LogP contribution in [-0.2, 0) is 10.0 Å². The summed E-state index contributed by atoms with van der Waals surface area (Å²) in [6.45, 7) is 12.6. The average Bonchev–Trinajstić information content (AvgIpc) is 2.34. The van der Waals surface area contributed by atoms with E-state index in [1.54, 1.807) is 0 Å². The number of aryl methyl sites for hydroxylation is 2. The Balaban J connectivity index is 3.13. The lowest BCUT2D eigenvalue weighted by molar-refractivity contribution is 0.476. The summed E-state index contributed by atoms with van der Waals surface area (Å²) >= 11 is 0. The third-order valence-electron chi connectivity index (χ3n) is 3.65. The van der Waals surface area contributed by atoms with E-state index in [0.717, 1.165) is 29.8 Å². The zero-order valence-corrected chi connectivity index (χ0v) is 14.8. The number of rotatable bonds is 7. The first kappa shape index (κ1) is 18.0. The molecule has 4 nitrogen and oxygen atoms in total. The van der Waals surface area contributed by atoms with Gasteiger partial charge >= 0.3 is 0 Å². The van der Waals surface area contributed by atoms with Crippen molar-refractivity contribution in [2.24, 2.45) is 5.92 Å². The number of benzene rings is 1. The maximum Gasteiger partial charge on any atom is 0.241 e. The highest BCUT2D eigenvalue weighted by Gasteiger charge is 2.23. The molecule has 120 valence electrons. The molecule has 0 amide bonds. The molecule has 0 radical (unpaired) electrons. The van der Waals surface area contributed by atoms with E-state index in [1.807, 2.05) is 46.8 Å². The highest BCUT2D eigenvalue weighted by molar-refractivity contribution is 7.89. The van der Waals surface area contributed by atoms with Gasteiger partial charge in [0.1, 0.15) is 0 Å². The van der Waals surface area contributed by atoms with Crippen LogP contribution in [0.25, 0.3) is 0 Å². The summed E-state index contributed by atoms with van der Waals surface area (Å²) in [5.74, 6) is 0.255. The van der Waals surface area contributed by atoms with E-state index in [1.165, 1.54) is 0 Å². The van der Waals surface area contributed by atoms with Crippen molar-refractivity contribution in [2.75, 3.05) is 11.9 Å². The van der Waals surface area contributed by atoms with Gasteiger partial charge in [-0.05, 0) is 56.4 Å². The van der Waals surface area contributed by atoms with Crippen molar-refractivity contribution < 1.29 is 8.42 Å². The third-order valence-corrected chi connectivity index (χ3v) is 5.51. The fraction of sp³-hybridized carbons (Fsp3) is 0.625. The normalized spacial score (nSPS) is 13.5. The van der Waals surface area contributed by atoms with Gasteiger partial charge in [0.15, 0.2) is 0 Å². The fourth-order valence-electron chi connectivity index (χ4n) is 2.19. The maximum atomic E-state index is 12.6. The summed E-state index contributed by atoms with van der Waals surface area (Å²) in [6.07, 6.45) is 1.03. The van der Waals surface area contributed by atoms with Crippen molar-refractivity contribution in [1.29, 1.82) is 0 Å². The molecule has 0 spiro atoms. The molecule has 0 aromatic heterocycles. The van der Waals surface area contributed by atoms with Crippen LogP contribution in [-0.4, -0.2) is 21.0 Å². The number of hydrogen-bond donors (Lipinski definition) is 2. The van der Waals surface area contributed by atoms with E-state index in [9.17, 15) is 8.42 Å². The Morgan fingerprint density at radius 3 is 2.05 bits per heavy atom. The van der Waals surface area contributed by atoms with Crippen molar-refractivity contribution >= 4 is 15.7 Å².